The Labute approximate surface area is 112 Å². The molecule has 2 aromatic rings. The zero-order valence-electron chi connectivity index (χ0n) is 9.40. The van der Waals surface area contributed by atoms with Crippen molar-refractivity contribution in [3.05, 3.63) is 41.4 Å². The smallest absolute Gasteiger partial charge is 0.288 e. The molecule has 19 heavy (non-hydrogen) atoms. The summed E-state index contributed by atoms with van der Waals surface area (Å²) in [5.74, 6) is -0.804. The van der Waals surface area contributed by atoms with Crippen molar-refractivity contribution in [3.63, 3.8) is 0 Å². The molecule has 0 fully saturated rings. The first kappa shape index (κ1) is 13.5. The third-order valence-corrected chi connectivity index (χ3v) is 4.36. The molecule has 0 radical (unpaired) electrons. The summed E-state index contributed by atoms with van der Waals surface area (Å²) in [4.78, 5) is 14.9. The van der Waals surface area contributed by atoms with Crippen LogP contribution in [-0.4, -0.2) is 24.5 Å². The van der Waals surface area contributed by atoms with E-state index in [9.17, 15) is 13.2 Å². The number of nitrogens with zero attached hydrogens (tertiary/aromatic N) is 1. The van der Waals surface area contributed by atoms with Gasteiger partial charge in [-0.25, -0.2) is 18.9 Å². The summed E-state index contributed by atoms with van der Waals surface area (Å²) in [6.45, 7) is 0. The van der Waals surface area contributed by atoms with E-state index in [4.69, 9.17) is 5.21 Å². The van der Waals surface area contributed by atoms with Gasteiger partial charge in [0.2, 0.25) is 0 Å². The zero-order chi connectivity index (χ0) is 13.9. The lowest BCUT2D eigenvalue weighted by atomic mass is 10.4. The van der Waals surface area contributed by atoms with Crippen LogP contribution in [0, 0.1) is 0 Å². The average Bonchev–Trinajstić information content (AvgIpc) is 2.86. The number of hydroxylamine groups is 1. The van der Waals surface area contributed by atoms with E-state index in [0.717, 1.165) is 11.3 Å². The number of thiazole rings is 1. The summed E-state index contributed by atoms with van der Waals surface area (Å²) in [6, 6.07) is 7.78. The van der Waals surface area contributed by atoms with Crippen LogP contribution in [0.5, 0.6) is 0 Å². The van der Waals surface area contributed by atoms with Gasteiger partial charge < -0.3 is 0 Å². The van der Waals surface area contributed by atoms with Crippen molar-refractivity contribution in [2.24, 2.45) is 0 Å². The highest BCUT2D eigenvalue weighted by Crippen LogP contribution is 2.19. The molecular weight excluding hydrogens is 290 g/mol. The van der Waals surface area contributed by atoms with Crippen LogP contribution >= 0.6 is 11.3 Å². The summed E-state index contributed by atoms with van der Waals surface area (Å²) < 4.78 is 26.2. The molecule has 2 rings (SSSR count). The molecule has 0 aliphatic rings. The van der Waals surface area contributed by atoms with Crippen molar-refractivity contribution in [2.75, 3.05) is 4.72 Å². The Kier molecular flexibility index (Phi) is 3.79. The Balaban J connectivity index is 2.22. The molecule has 100 valence electrons. The summed E-state index contributed by atoms with van der Waals surface area (Å²) in [5, 5.41) is 9.81. The number of rotatable bonds is 4. The van der Waals surface area contributed by atoms with Crippen LogP contribution in [0.3, 0.4) is 0 Å². The lowest BCUT2D eigenvalue weighted by Crippen LogP contribution is -2.19. The Bertz CT molecular complexity index is 682. The Morgan fingerprint density at radius 3 is 2.58 bits per heavy atom. The molecular formula is C10H9N3O4S2. The van der Waals surface area contributed by atoms with Crippen molar-refractivity contribution in [1.29, 1.82) is 0 Å². The Morgan fingerprint density at radius 1 is 1.26 bits per heavy atom. The molecule has 0 saturated heterocycles. The largest absolute Gasteiger partial charge is 0.294 e. The van der Waals surface area contributed by atoms with E-state index in [1.807, 2.05) is 0 Å². The fourth-order valence-electron chi connectivity index (χ4n) is 1.26. The monoisotopic (exact) mass is 299 g/mol. The molecule has 0 aliphatic carbocycles. The Hall–Kier alpha value is -1.97. The van der Waals surface area contributed by atoms with Crippen LogP contribution in [0.4, 0.5) is 5.13 Å². The summed E-state index contributed by atoms with van der Waals surface area (Å²) in [7, 11) is -3.73. The minimum Gasteiger partial charge on any atom is -0.288 e. The first-order chi connectivity index (χ1) is 9.03. The van der Waals surface area contributed by atoms with Gasteiger partial charge in [0.25, 0.3) is 15.9 Å². The third kappa shape index (κ3) is 3.08. The number of hydrogen-bond acceptors (Lipinski definition) is 6. The first-order valence-electron chi connectivity index (χ1n) is 5.01. The van der Waals surface area contributed by atoms with Gasteiger partial charge in [0.15, 0.2) is 5.13 Å². The van der Waals surface area contributed by atoms with E-state index < -0.39 is 15.9 Å². The summed E-state index contributed by atoms with van der Waals surface area (Å²) >= 11 is 0.941. The van der Waals surface area contributed by atoms with Crippen molar-refractivity contribution < 1.29 is 18.4 Å². The zero-order valence-corrected chi connectivity index (χ0v) is 11.0. The van der Waals surface area contributed by atoms with E-state index in [1.165, 1.54) is 23.0 Å². The van der Waals surface area contributed by atoms with Crippen LogP contribution in [0.2, 0.25) is 0 Å². The summed E-state index contributed by atoms with van der Waals surface area (Å²) in [6.07, 6.45) is 0. The van der Waals surface area contributed by atoms with Crippen molar-refractivity contribution in [2.45, 2.75) is 4.90 Å². The van der Waals surface area contributed by atoms with Crippen LogP contribution in [-0.2, 0) is 10.0 Å². The minimum atomic E-state index is -3.73. The number of anilines is 1. The van der Waals surface area contributed by atoms with Gasteiger partial charge in [0, 0.05) is 5.38 Å². The second kappa shape index (κ2) is 5.34. The lowest BCUT2D eigenvalue weighted by molar-refractivity contribution is 0.0701. The van der Waals surface area contributed by atoms with Crippen molar-refractivity contribution >= 4 is 32.4 Å². The van der Waals surface area contributed by atoms with Crippen LogP contribution in [0.15, 0.2) is 40.6 Å². The molecule has 0 saturated carbocycles. The van der Waals surface area contributed by atoms with Gasteiger partial charge in [0.1, 0.15) is 5.69 Å². The van der Waals surface area contributed by atoms with E-state index in [1.54, 1.807) is 18.2 Å². The predicted molar refractivity (Wildman–Crippen MR) is 68.6 cm³/mol. The quantitative estimate of drug-likeness (QED) is 0.578. The highest BCUT2D eigenvalue weighted by molar-refractivity contribution is 7.93. The van der Waals surface area contributed by atoms with E-state index in [0.29, 0.717) is 0 Å². The highest BCUT2D eigenvalue weighted by Gasteiger charge is 2.17. The molecule has 0 atom stereocenters. The molecule has 0 spiro atoms. The molecule has 1 aromatic carbocycles. The highest BCUT2D eigenvalue weighted by atomic mass is 32.2. The lowest BCUT2D eigenvalue weighted by Gasteiger charge is -2.04. The van der Waals surface area contributed by atoms with Crippen molar-refractivity contribution in [1.82, 2.24) is 10.5 Å². The van der Waals surface area contributed by atoms with Crippen LogP contribution in [0.25, 0.3) is 0 Å². The maximum atomic E-state index is 12.0. The van der Waals surface area contributed by atoms with Crippen molar-refractivity contribution in [3.8, 4) is 0 Å². The second-order valence-corrected chi connectivity index (χ2v) is 5.94. The molecule has 1 heterocycles. The van der Waals surface area contributed by atoms with E-state index in [2.05, 4.69) is 9.71 Å². The molecule has 3 N–H and O–H groups in total. The van der Waals surface area contributed by atoms with Gasteiger partial charge in [-0.05, 0) is 12.1 Å². The average molecular weight is 299 g/mol. The topological polar surface area (TPSA) is 108 Å². The van der Waals surface area contributed by atoms with Gasteiger partial charge in [-0.2, -0.15) is 0 Å². The molecule has 0 unspecified atom stereocenters. The third-order valence-electron chi connectivity index (χ3n) is 2.11. The number of carbonyl (C=O) groups is 1. The predicted octanol–water partition coefficient (Wildman–Crippen LogP) is 1.06. The fourth-order valence-corrected chi connectivity index (χ4v) is 3.22. The minimum absolute atomic E-state index is 0.0439. The molecule has 0 aliphatic heterocycles. The second-order valence-electron chi connectivity index (χ2n) is 3.40. The van der Waals surface area contributed by atoms with Gasteiger partial charge in [-0.15, -0.1) is 11.3 Å². The number of carbonyl (C=O) groups excluding carboxylic acids is 1. The number of benzene rings is 1. The molecule has 1 aromatic heterocycles. The van der Waals surface area contributed by atoms with Gasteiger partial charge in [0.05, 0.1) is 4.90 Å². The molecule has 7 nitrogen and oxygen atoms in total. The number of nitrogens with one attached hydrogen (secondary N) is 2. The SMILES string of the molecule is O=C(NO)c1csc(NS(=O)(=O)c2ccccc2)n1. The standard InChI is InChI=1S/C10H9N3O4S2/c14-9(12-15)8-6-18-10(11-8)13-19(16,17)7-4-2-1-3-5-7/h1-6,15H,(H,11,13)(H,12,14). The number of sulfonamides is 1. The molecule has 0 bridgehead atoms. The molecule has 1 amide bonds. The number of hydrogen-bond donors (Lipinski definition) is 3. The van der Waals surface area contributed by atoms with Crippen LogP contribution < -0.4 is 10.2 Å². The Morgan fingerprint density at radius 2 is 1.95 bits per heavy atom. The maximum Gasteiger partial charge on any atom is 0.294 e. The maximum absolute atomic E-state index is 12.0. The number of amides is 1. The van der Waals surface area contributed by atoms with Gasteiger partial charge >= 0.3 is 0 Å². The normalized spacial score (nSPS) is 11.0. The van der Waals surface area contributed by atoms with Gasteiger partial charge in [-0.1, -0.05) is 18.2 Å². The van der Waals surface area contributed by atoms with E-state index >= 15 is 0 Å². The summed E-state index contributed by atoms with van der Waals surface area (Å²) in [5.41, 5.74) is 1.35. The van der Waals surface area contributed by atoms with Crippen LogP contribution in [0.1, 0.15) is 10.5 Å². The fraction of sp³-hybridized carbons (Fsp3) is 0. The van der Waals surface area contributed by atoms with E-state index in [-0.39, 0.29) is 15.7 Å². The van der Waals surface area contributed by atoms with Gasteiger partial charge in [-0.3, -0.25) is 14.7 Å². The first-order valence-corrected chi connectivity index (χ1v) is 7.37. The molecule has 9 heteroatoms. The number of aromatic nitrogens is 1.